The largest absolute Gasteiger partial charge is 0.508 e. The van der Waals surface area contributed by atoms with Gasteiger partial charge in [0.2, 0.25) is 0 Å². The highest BCUT2D eigenvalue weighted by atomic mass is 16.3. The number of phenols is 1. The second kappa shape index (κ2) is 4.35. The maximum atomic E-state index is 9.83. The fourth-order valence-corrected chi connectivity index (χ4v) is 2.49. The van der Waals surface area contributed by atoms with E-state index >= 15 is 0 Å². The third kappa shape index (κ3) is 2.05. The second-order valence-electron chi connectivity index (χ2n) is 4.80. The Bertz CT molecular complexity index is 555. The fourth-order valence-electron chi connectivity index (χ4n) is 2.49. The summed E-state index contributed by atoms with van der Waals surface area (Å²) in [6, 6.07) is 13.7. The lowest BCUT2D eigenvalue weighted by Gasteiger charge is -2.16. The Balaban J connectivity index is 1.78. The van der Waals surface area contributed by atoms with Crippen molar-refractivity contribution < 1.29 is 5.11 Å². The number of rotatable bonds is 2. The summed E-state index contributed by atoms with van der Waals surface area (Å²) in [4.78, 5) is 2.30. The molecule has 0 amide bonds. The number of fused-ring (bicyclic) bond motifs is 1. The second-order valence-corrected chi connectivity index (χ2v) is 4.80. The molecule has 0 aromatic heterocycles. The predicted octanol–water partition coefficient (Wildman–Crippen LogP) is 2.49. The smallest absolute Gasteiger partial charge is 0.120 e. The molecule has 92 valence electrons. The topological polar surface area (TPSA) is 49.5 Å². The summed E-state index contributed by atoms with van der Waals surface area (Å²) >= 11 is 0. The van der Waals surface area contributed by atoms with Crippen LogP contribution in [-0.4, -0.2) is 10.0 Å². The summed E-state index contributed by atoms with van der Waals surface area (Å²) in [5, 5.41) is 9.83. The average Bonchev–Trinajstić information content (AvgIpc) is 2.76. The van der Waals surface area contributed by atoms with Gasteiger partial charge in [0.1, 0.15) is 5.75 Å². The van der Waals surface area contributed by atoms with Crippen LogP contribution >= 0.6 is 0 Å². The molecule has 0 fully saturated rings. The van der Waals surface area contributed by atoms with E-state index in [-0.39, 0.29) is 0 Å². The fraction of sp³-hybridized carbons (Fsp3) is 0.200. The van der Waals surface area contributed by atoms with Gasteiger partial charge in [-0.2, -0.15) is 0 Å². The number of hydrogen-bond acceptors (Lipinski definition) is 3. The third-order valence-electron chi connectivity index (χ3n) is 3.40. The van der Waals surface area contributed by atoms with Gasteiger partial charge in [0.15, 0.2) is 0 Å². The Morgan fingerprint density at radius 1 is 1.06 bits per heavy atom. The molecule has 0 unspecified atom stereocenters. The summed E-state index contributed by atoms with van der Waals surface area (Å²) in [5.41, 5.74) is 10.1. The van der Waals surface area contributed by atoms with Crippen molar-refractivity contribution in [2.45, 2.75) is 19.6 Å². The molecular formula is C15H16N2O. The third-order valence-corrected chi connectivity index (χ3v) is 3.40. The molecule has 0 aliphatic carbocycles. The van der Waals surface area contributed by atoms with Crippen molar-refractivity contribution in [2.24, 2.45) is 0 Å². The van der Waals surface area contributed by atoms with Crippen molar-refractivity contribution >= 4 is 5.69 Å². The summed E-state index contributed by atoms with van der Waals surface area (Å²) in [6.07, 6.45) is 0. The van der Waals surface area contributed by atoms with Crippen molar-refractivity contribution in [1.29, 1.82) is 0 Å². The summed E-state index contributed by atoms with van der Waals surface area (Å²) in [7, 11) is 0. The molecule has 2 aromatic rings. The number of benzene rings is 2. The maximum Gasteiger partial charge on any atom is 0.120 e. The van der Waals surface area contributed by atoms with Gasteiger partial charge in [-0.15, -0.1) is 0 Å². The first-order valence-corrected chi connectivity index (χ1v) is 6.09. The Labute approximate surface area is 106 Å². The first-order valence-electron chi connectivity index (χ1n) is 6.09. The van der Waals surface area contributed by atoms with E-state index in [1.807, 2.05) is 6.07 Å². The zero-order valence-electron chi connectivity index (χ0n) is 10.1. The van der Waals surface area contributed by atoms with Gasteiger partial charge in [0.05, 0.1) is 0 Å². The van der Waals surface area contributed by atoms with E-state index in [1.165, 1.54) is 11.1 Å². The van der Waals surface area contributed by atoms with Crippen LogP contribution in [0.4, 0.5) is 5.69 Å². The first kappa shape index (κ1) is 11.1. The molecule has 0 saturated heterocycles. The van der Waals surface area contributed by atoms with Crippen molar-refractivity contribution in [1.82, 2.24) is 4.90 Å². The highest BCUT2D eigenvalue weighted by Crippen LogP contribution is 2.27. The van der Waals surface area contributed by atoms with Crippen LogP contribution in [0.15, 0.2) is 42.5 Å². The predicted molar refractivity (Wildman–Crippen MR) is 71.9 cm³/mol. The minimum absolute atomic E-state index is 0.320. The SMILES string of the molecule is Nc1ccc(O)c(CN2Cc3ccccc3C2)c1. The lowest BCUT2D eigenvalue weighted by molar-refractivity contribution is 0.271. The molecule has 0 bridgehead atoms. The summed E-state index contributed by atoms with van der Waals surface area (Å²) < 4.78 is 0. The molecule has 0 saturated carbocycles. The van der Waals surface area contributed by atoms with Gasteiger partial charge < -0.3 is 10.8 Å². The van der Waals surface area contributed by atoms with E-state index in [2.05, 4.69) is 29.2 Å². The van der Waals surface area contributed by atoms with Crippen molar-refractivity contribution in [3.63, 3.8) is 0 Å². The molecule has 18 heavy (non-hydrogen) atoms. The molecule has 1 heterocycles. The molecule has 1 aliphatic rings. The number of anilines is 1. The Kier molecular flexibility index (Phi) is 2.68. The van der Waals surface area contributed by atoms with Crippen molar-refractivity contribution in [3.8, 4) is 5.75 Å². The Morgan fingerprint density at radius 2 is 1.72 bits per heavy atom. The van der Waals surface area contributed by atoms with Crippen molar-refractivity contribution in [2.75, 3.05) is 5.73 Å². The standard InChI is InChI=1S/C15H16N2O/c16-14-5-6-15(18)13(7-14)10-17-8-11-3-1-2-4-12(11)9-17/h1-7,18H,8-10,16H2. The van der Waals surface area contributed by atoms with Crippen molar-refractivity contribution in [3.05, 3.63) is 59.2 Å². The highest BCUT2D eigenvalue weighted by Gasteiger charge is 2.19. The molecule has 0 spiro atoms. The molecule has 2 aromatic carbocycles. The molecule has 1 aliphatic heterocycles. The van der Waals surface area contributed by atoms with E-state index in [0.29, 0.717) is 11.4 Å². The monoisotopic (exact) mass is 240 g/mol. The van der Waals surface area contributed by atoms with Crippen LogP contribution in [0.25, 0.3) is 0 Å². The number of nitrogens with zero attached hydrogens (tertiary/aromatic N) is 1. The number of hydrogen-bond donors (Lipinski definition) is 2. The summed E-state index contributed by atoms with van der Waals surface area (Å²) in [6.45, 7) is 2.60. The van der Waals surface area contributed by atoms with Gasteiger partial charge in [-0.25, -0.2) is 0 Å². The molecule has 3 heteroatoms. The van der Waals surface area contributed by atoms with E-state index in [9.17, 15) is 5.11 Å². The van der Waals surface area contributed by atoms with Crippen LogP contribution in [0.1, 0.15) is 16.7 Å². The van der Waals surface area contributed by atoms with Gasteiger partial charge in [-0.3, -0.25) is 4.90 Å². The lowest BCUT2D eigenvalue weighted by Crippen LogP contribution is -2.15. The van der Waals surface area contributed by atoms with E-state index in [1.54, 1.807) is 12.1 Å². The zero-order chi connectivity index (χ0) is 12.5. The van der Waals surface area contributed by atoms with Gasteiger partial charge in [0.25, 0.3) is 0 Å². The van der Waals surface area contributed by atoms with Crippen LogP contribution in [0, 0.1) is 0 Å². The minimum Gasteiger partial charge on any atom is -0.508 e. The molecule has 3 nitrogen and oxygen atoms in total. The Morgan fingerprint density at radius 3 is 2.39 bits per heavy atom. The quantitative estimate of drug-likeness (QED) is 0.626. The van der Waals surface area contributed by atoms with E-state index in [4.69, 9.17) is 5.73 Å². The number of phenolic OH excluding ortho intramolecular Hbond substituents is 1. The van der Waals surface area contributed by atoms with Crippen LogP contribution in [0.5, 0.6) is 5.75 Å². The number of nitrogen functional groups attached to an aromatic ring is 1. The molecule has 0 radical (unpaired) electrons. The minimum atomic E-state index is 0.320. The molecule has 3 N–H and O–H groups in total. The van der Waals surface area contributed by atoms with Gasteiger partial charge in [-0.05, 0) is 29.3 Å². The van der Waals surface area contributed by atoms with Gasteiger partial charge >= 0.3 is 0 Å². The average molecular weight is 240 g/mol. The van der Waals surface area contributed by atoms with Crippen LogP contribution in [-0.2, 0) is 19.6 Å². The van der Waals surface area contributed by atoms with Crippen LogP contribution < -0.4 is 5.73 Å². The molecular weight excluding hydrogens is 224 g/mol. The Hall–Kier alpha value is -2.00. The van der Waals surface area contributed by atoms with Gasteiger partial charge in [0, 0.05) is 30.9 Å². The zero-order valence-corrected chi connectivity index (χ0v) is 10.1. The van der Waals surface area contributed by atoms with Gasteiger partial charge in [-0.1, -0.05) is 24.3 Å². The van der Waals surface area contributed by atoms with Crippen LogP contribution in [0.2, 0.25) is 0 Å². The van der Waals surface area contributed by atoms with E-state index in [0.717, 1.165) is 25.2 Å². The number of aromatic hydroxyl groups is 1. The summed E-state index contributed by atoms with van der Waals surface area (Å²) in [5.74, 6) is 0.320. The lowest BCUT2D eigenvalue weighted by atomic mass is 10.1. The maximum absolute atomic E-state index is 9.83. The molecule has 3 rings (SSSR count). The first-order chi connectivity index (χ1) is 8.72. The highest BCUT2D eigenvalue weighted by molar-refractivity contribution is 5.47. The molecule has 0 atom stereocenters. The normalized spacial score (nSPS) is 14.7. The van der Waals surface area contributed by atoms with Crippen LogP contribution in [0.3, 0.4) is 0 Å². The number of nitrogens with two attached hydrogens (primary N) is 1. The van der Waals surface area contributed by atoms with E-state index < -0.39 is 0 Å².